The van der Waals surface area contributed by atoms with Crippen molar-refractivity contribution < 1.29 is 14.8 Å². The summed E-state index contributed by atoms with van der Waals surface area (Å²) in [6, 6.07) is 16.8. The van der Waals surface area contributed by atoms with E-state index < -0.39 is 22.3 Å². The molecule has 0 aliphatic heterocycles. The Balaban J connectivity index is 1.64. The minimum Gasteiger partial charge on any atom is -0.502 e. The number of halogens is 1. The number of carbonyl (C=O) groups is 1. The van der Waals surface area contributed by atoms with E-state index in [-0.39, 0.29) is 10.6 Å². The SMILES string of the molecule is O=C(Nc1cccc(-c2nc3ccccc3s2)c1)c1cc([N+](=O)[O-])c(O)cc1Cl. The zero-order valence-corrected chi connectivity index (χ0v) is 16.2. The minimum atomic E-state index is -0.782. The second-order valence-corrected chi connectivity index (χ2v) is 7.54. The van der Waals surface area contributed by atoms with Gasteiger partial charge in [0.25, 0.3) is 5.91 Å². The molecule has 29 heavy (non-hydrogen) atoms. The number of carbonyl (C=O) groups excluding carboxylic acids is 1. The summed E-state index contributed by atoms with van der Waals surface area (Å²) >= 11 is 7.52. The van der Waals surface area contributed by atoms with Gasteiger partial charge in [-0.15, -0.1) is 11.3 Å². The average molecular weight is 426 g/mol. The van der Waals surface area contributed by atoms with Crippen molar-refractivity contribution >= 4 is 50.4 Å². The highest BCUT2D eigenvalue weighted by atomic mass is 35.5. The number of benzene rings is 3. The van der Waals surface area contributed by atoms with Gasteiger partial charge in [-0.2, -0.15) is 0 Å². The number of rotatable bonds is 4. The lowest BCUT2D eigenvalue weighted by Crippen LogP contribution is -2.13. The number of anilines is 1. The van der Waals surface area contributed by atoms with Crippen molar-refractivity contribution in [3.05, 3.63) is 81.4 Å². The number of nitro benzene ring substituents is 1. The number of amides is 1. The van der Waals surface area contributed by atoms with E-state index in [2.05, 4.69) is 10.3 Å². The molecule has 4 aromatic rings. The van der Waals surface area contributed by atoms with Crippen LogP contribution in [0.2, 0.25) is 5.02 Å². The van der Waals surface area contributed by atoms with Crippen LogP contribution in [0.25, 0.3) is 20.8 Å². The van der Waals surface area contributed by atoms with Gasteiger partial charge in [-0.1, -0.05) is 35.9 Å². The maximum atomic E-state index is 12.6. The van der Waals surface area contributed by atoms with Crippen LogP contribution in [0, 0.1) is 10.1 Å². The van der Waals surface area contributed by atoms with Gasteiger partial charge in [0.15, 0.2) is 5.75 Å². The van der Waals surface area contributed by atoms with Gasteiger partial charge in [-0.25, -0.2) is 4.98 Å². The average Bonchev–Trinajstić information content (AvgIpc) is 3.12. The first-order chi connectivity index (χ1) is 13.9. The molecule has 1 heterocycles. The predicted octanol–water partition coefficient (Wildman–Crippen LogP) is 5.48. The minimum absolute atomic E-state index is 0.0899. The van der Waals surface area contributed by atoms with E-state index in [4.69, 9.17) is 11.6 Å². The Bertz CT molecular complexity index is 1240. The fraction of sp³-hybridized carbons (Fsp3) is 0. The molecule has 0 aliphatic rings. The van der Waals surface area contributed by atoms with Gasteiger partial charge in [-0.05, 0) is 24.3 Å². The molecule has 3 aromatic carbocycles. The fourth-order valence-corrected chi connectivity index (χ4v) is 4.00. The van der Waals surface area contributed by atoms with Crippen LogP contribution in [0.4, 0.5) is 11.4 Å². The molecule has 0 saturated heterocycles. The molecule has 7 nitrogen and oxygen atoms in total. The van der Waals surface area contributed by atoms with Gasteiger partial charge < -0.3 is 10.4 Å². The summed E-state index contributed by atoms with van der Waals surface area (Å²) in [5.41, 5.74) is 1.50. The highest BCUT2D eigenvalue weighted by molar-refractivity contribution is 7.21. The number of nitrogens with one attached hydrogen (secondary N) is 1. The van der Waals surface area contributed by atoms with Crippen LogP contribution in [-0.4, -0.2) is 20.9 Å². The first kappa shape index (κ1) is 18.9. The van der Waals surface area contributed by atoms with Gasteiger partial charge in [0.1, 0.15) is 5.01 Å². The lowest BCUT2D eigenvalue weighted by molar-refractivity contribution is -0.385. The predicted molar refractivity (Wildman–Crippen MR) is 113 cm³/mol. The Kier molecular flexibility index (Phi) is 4.87. The van der Waals surface area contributed by atoms with Gasteiger partial charge in [0.2, 0.25) is 0 Å². The van der Waals surface area contributed by atoms with Crippen molar-refractivity contribution in [3.8, 4) is 16.3 Å². The van der Waals surface area contributed by atoms with Crippen LogP contribution < -0.4 is 5.32 Å². The lowest BCUT2D eigenvalue weighted by Gasteiger charge is -2.08. The van der Waals surface area contributed by atoms with E-state index in [0.717, 1.165) is 32.9 Å². The maximum Gasteiger partial charge on any atom is 0.311 e. The summed E-state index contributed by atoms with van der Waals surface area (Å²) in [6.07, 6.45) is 0. The van der Waals surface area contributed by atoms with Crippen LogP contribution in [0.1, 0.15) is 10.4 Å². The third kappa shape index (κ3) is 3.75. The molecular formula is C20H12ClN3O4S. The topological polar surface area (TPSA) is 105 Å². The number of nitro groups is 1. The molecular weight excluding hydrogens is 414 g/mol. The second kappa shape index (κ2) is 7.50. The molecule has 0 atom stereocenters. The van der Waals surface area contributed by atoms with Crippen LogP contribution in [0.15, 0.2) is 60.7 Å². The number of thiazole rings is 1. The summed E-state index contributed by atoms with van der Waals surface area (Å²) in [6.45, 7) is 0. The number of aromatic hydroxyl groups is 1. The maximum absolute atomic E-state index is 12.6. The molecule has 1 aromatic heterocycles. The van der Waals surface area contributed by atoms with Crippen molar-refractivity contribution in [2.75, 3.05) is 5.32 Å². The number of phenols is 1. The monoisotopic (exact) mass is 425 g/mol. The first-order valence-corrected chi connectivity index (χ1v) is 9.56. The van der Waals surface area contributed by atoms with Gasteiger partial charge in [0, 0.05) is 23.4 Å². The summed E-state index contributed by atoms with van der Waals surface area (Å²) < 4.78 is 1.06. The van der Waals surface area contributed by atoms with E-state index in [1.165, 1.54) is 11.3 Å². The molecule has 0 spiro atoms. The zero-order chi connectivity index (χ0) is 20.5. The Labute approximate surface area is 173 Å². The van der Waals surface area contributed by atoms with Gasteiger partial charge in [0.05, 0.1) is 25.7 Å². The quantitative estimate of drug-likeness (QED) is 0.332. The Hall–Kier alpha value is -3.49. The van der Waals surface area contributed by atoms with E-state index >= 15 is 0 Å². The number of hydrogen-bond donors (Lipinski definition) is 2. The highest BCUT2D eigenvalue weighted by Gasteiger charge is 2.21. The molecule has 144 valence electrons. The number of fused-ring (bicyclic) bond motifs is 1. The molecule has 1 amide bonds. The lowest BCUT2D eigenvalue weighted by atomic mass is 10.1. The van der Waals surface area contributed by atoms with Crippen molar-refractivity contribution in [2.45, 2.75) is 0 Å². The highest BCUT2D eigenvalue weighted by Crippen LogP contribution is 2.33. The van der Waals surface area contributed by atoms with Gasteiger partial charge >= 0.3 is 5.69 Å². The Morgan fingerprint density at radius 3 is 2.69 bits per heavy atom. The van der Waals surface area contributed by atoms with Crippen molar-refractivity contribution in [2.24, 2.45) is 0 Å². The summed E-state index contributed by atoms with van der Waals surface area (Å²) in [7, 11) is 0. The molecule has 2 N–H and O–H groups in total. The van der Waals surface area contributed by atoms with Crippen LogP contribution in [-0.2, 0) is 0 Å². The van der Waals surface area contributed by atoms with Crippen LogP contribution in [0.3, 0.4) is 0 Å². The molecule has 0 bridgehead atoms. The van der Waals surface area contributed by atoms with Crippen molar-refractivity contribution in [3.63, 3.8) is 0 Å². The summed E-state index contributed by atoms with van der Waals surface area (Å²) in [5.74, 6) is -1.23. The summed E-state index contributed by atoms with van der Waals surface area (Å²) in [4.78, 5) is 27.4. The third-order valence-electron chi connectivity index (χ3n) is 4.17. The molecule has 9 heteroatoms. The van der Waals surface area contributed by atoms with Crippen LogP contribution >= 0.6 is 22.9 Å². The smallest absolute Gasteiger partial charge is 0.311 e. The van der Waals surface area contributed by atoms with Gasteiger partial charge in [-0.3, -0.25) is 14.9 Å². The number of para-hydroxylation sites is 1. The molecule has 0 saturated carbocycles. The molecule has 4 rings (SSSR count). The van der Waals surface area contributed by atoms with Crippen molar-refractivity contribution in [1.29, 1.82) is 0 Å². The number of hydrogen-bond acceptors (Lipinski definition) is 6. The Morgan fingerprint density at radius 2 is 1.93 bits per heavy atom. The number of nitrogens with zero attached hydrogens (tertiary/aromatic N) is 2. The van der Waals surface area contributed by atoms with E-state index in [9.17, 15) is 20.0 Å². The van der Waals surface area contributed by atoms with E-state index in [1.807, 2.05) is 30.3 Å². The standard InChI is InChI=1S/C20H12ClN3O4S/c21-14-10-17(25)16(24(27)28)9-13(14)19(26)22-12-5-3-4-11(8-12)20-23-15-6-1-2-7-18(15)29-20/h1-10,25H,(H,22,26). The number of aromatic nitrogens is 1. The van der Waals surface area contributed by atoms with Crippen molar-refractivity contribution in [1.82, 2.24) is 4.98 Å². The van der Waals surface area contributed by atoms with Crippen LogP contribution in [0.5, 0.6) is 5.75 Å². The molecule has 0 radical (unpaired) electrons. The molecule has 0 unspecified atom stereocenters. The normalized spacial score (nSPS) is 10.8. The molecule has 0 aliphatic carbocycles. The Morgan fingerprint density at radius 1 is 1.14 bits per heavy atom. The zero-order valence-electron chi connectivity index (χ0n) is 14.6. The van der Waals surface area contributed by atoms with E-state index in [0.29, 0.717) is 5.69 Å². The number of phenolic OH excluding ortho intramolecular Hbond substituents is 1. The fourth-order valence-electron chi connectivity index (χ4n) is 2.80. The third-order valence-corrected chi connectivity index (χ3v) is 5.57. The largest absolute Gasteiger partial charge is 0.502 e. The summed E-state index contributed by atoms with van der Waals surface area (Å²) in [5, 5.41) is 24.0. The first-order valence-electron chi connectivity index (χ1n) is 8.36. The second-order valence-electron chi connectivity index (χ2n) is 6.10. The van der Waals surface area contributed by atoms with E-state index in [1.54, 1.807) is 18.2 Å². The molecule has 0 fully saturated rings.